The Morgan fingerprint density at radius 3 is 2.89 bits per heavy atom. The van der Waals surface area contributed by atoms with Crippen LogP contribution in [0.1, 0.15) is 22.3 Å². The first-order valence-electron chi connectivity index (χ1n) is 8.65. The molecule has 3 rings (SSSR count). The molecule has 1 amide bonds. The molecule has 0 radical (unpaired) electrons. The molecule has 0 spiro atoms. The lowest BCUT2D eigenvalue weighted by Crippen LogP contribution is -2.25. The molecule has 2 N–H and O–H groups in total. The van der Waals surface area contributed by atoms with Crippen LogP contribution in [-0.4, -0.2) is 39.2 Å². The van der Waals surface area contributed by atoms with Crippen LogP contribution < -0.4 is 10.6 Å². The van der Waals surface area contributed by atoms with Crippen LogP contribution in [0.15, 0.2) is 42.9 Å². The lowest BCUT2D eigenvalue weighted by molar-refractivity contribution is 0.0952. The summed E-state index contributed by atoms with van der Waals surface area (Å²) < 4.78 is 15.4. The first-order valence-corrected chi connectivity index (χ1v) is 8.65. The van der Waals surface area contributed by atoms with Crippen LogP contribution in [0.4, 0.5) is 10.2 Å². The van der Waals surface area contributed by atoms with Crippen molar-refractivity contribution in [1.82, 2.24) is 25.1 Å². The molecule has 8 heteroatoms. The van der Waals surface area contributed by atoms with E-state index in [4.69, 9.17) is 0 Å². The second-order valence-electron chi connectivity index (χ2n) is 6.11. The van der Waals surface area contributed by atoms with Crippen molar-refractivity contribution in [3.63, 3.8) is 0 Å². The Bertz CT molecular complexity index is 939. The minimum atomic E-state index is -0.525. The average molecular weight is 368 g/mol. The number of halogens is 1. The number of benzene rings is 1. The molecule has 0 atom stereocenters. The Morgan fingerprint density at radius 2 is 2.15 bits per heavy atom. The lowest BCUT2D eigenvalue weighted by atomic mass is 10.1. The highest BCUT2D eigenvalue weighted by Crippen LogP contribution is 2.19. The van der Waals surface area contributed by atoms with E-state index in [1.807, 2.05) is 17.8 Å². The van der Waals surface area contributed by atoms with Gasteiger partial charge in [0.15, 0.2) is 17.5 Å². The third kappa shape index (κ3) is 4.66. The fraction of sp³-hybridized carbons (Fsp3) is 0.263. The molecule has 140 valence electrons. The number of aromatic nitrogens is 4. The molecule has 0 aliphatic carbocycles. The van der Waals surface area contributed by atoms with Gasteiger partial charge in [-0.25, -0.2) is 14.4 Å². The van der Waals surface area contributed by atoms with E-state index in [-0.39, 0.29) is 11.7 Å². The van der Waals surface area contributed by atoms with Crippen molar-refractivity contribution < 1.29 is 9.18 Å². The largest absolute Gasteiger partial charge is 0.371 e. The second kappa shape index (κ2) is 8.39. The van der Waals surface area contributed by atoms with Gasteiger partial charge in [-0.1, -0.05) is 12.1 Å². The van der Waals surface area contributed by atoms with Gasteiger partial charge in [-0.3, -0.25) is 9.48 Å². The maximum Gasteiger partial charge on any atom is 0.251 e. The van der Waals surface area contributed by atoms with E-state index < -0.39 is 5.82 Å². The van der Waals surface area contributed by atoms with Crippen LogP contribution in [0.25, 0.3) is 11.4 Å². The van der Waals surface area contributed by atoms with Crippen LogP contribution in [0.5, 0.6) is 0 Å². The lowest BCUT2D eigenvalue weighted by Gasteiger charge is -2.08. The molecule has 0 bridgehead atoms. The third-order valence-electron chi connectivity index (χ3n) is 3.98. The number of carbonyl (C=O) groups is 1. The fourth-order valence-corrected chi connectivity index (χ4v) is 2.62. The molecule has 0 fully saturated rings. The molecule has 0 unspecified atom stereocenters. The zero-order chi connectivity index (χ0) is 19.2. The van der Waals surface area contributed by atoms with Gasteiger partial charge in [0.05, 0.1) is 12.4 Å². The molecule has 2 heterocycles. The SMILES string of the molecule is CNc1nc(-c2cccc(C(=O)NCCCn3cc(C)cn3)c2)ncc1F. The van der Waals surface area contributed by atoms with Crippen molar-refractivity contribution in [1.29, 1.82) is 0 Å². The number of nitrogens with one attached hydrogen (secondary N) is 2. The summed E-state index contributed by atoms with van der Waals surface area (Å²) in [7, 11) is 1.59. The summed E-state index contributed by atoms with van der Waals surface area (Å²) >= 11 is 0. The predicted molar refractivity (Wildman–Crippen MR) is 101 cm³/mol. The third-order valence-corrected chi connectivity index (χ3v) is 3.98. The summed E-state index contributed by atoms with van der Waals surface area (Å²) in [6.45, 7) is 3.27. The zero-order valence-corrected chi connectivity index (χ0v) is 15.2. The summed E-state index contributed by atoms with van der Waals surface area (Å²) in [5, 5.41) is 9.79. The van der Waals surface area contributed by atoms with E-state index in [0.717, 1.165) is 24.7 Å². The van der Waals surface area contributed by atoms with Gasteiger partial charge in [0, 0.05) is 37.5 Å². The number of carbonyl (C=O) groups excluding carboxylic acids is 1. The molecule has 0 saturated heterocycles. The van der Waals surface area contributed by atoms with Crippen molar-refractivity contribution in [3.8, 4) is 11.4 Å². The standard InChI is InChI=1S/C19H21FN6O/c1-13-10-24-26(12-13)8-4-7-22-19(27)15-6-3-5-14(9-15)17-23-11-16(20)18(21-2)25-17/h3,5-6,9-12H,4,7-8H2,1-2H3,(H,22,27)(H,21,23,25). The van der Waals surface area contributed by atoms with Crippen LogP contribution >= 0.6 is 0 Å². The normalized spacial score (nSPS) is 10.6. The van der Waals surface area contributed by atoms with E-state index in [2.05, 4.69) is 25.7 Å². The highest BCUT2D eigenvalue weighted by Gasteiger charge is 2.10. The van der Waals surface area contributed by atoms with Gasteiger partial charge in [0.1, 0.15) is 0 Å². The van der Waals surface area contributed by atoms with Gasteiger partial charge in [0.25, 0.3) is 5.91 Å². The maximum atomic E-state index is 13.5. The highest BCUT2D eigenvalue weighted by molar-refractivity contribution is 5.95. The number of aryl methyl sites for hydroxylation is 2. The number of anilines is 1. The Labute approximate surface area is 156 Å². The van der Waals surface area contributed by atoms with Crippen molar-refractivity contribution in [2.75, 3.05) is 18.9 Å². The second-order valence-corrected chi connectivity index (χ2v) is 6.11. The molecule has 1 aromatic carbocycles. The van der Waals surface area contributed by atoms with E-state index in [1.165, 1.54) is 0 Å². The summed E-state index contributed by atoms with van der Waals surface area (Å²) in [6.07, 6.45) is 5.66. The van der Waals surface area contributed by atoms with Crippen LogP contribution in [0.3, 0.4) is 0 Å². The monoisotopic (exact) mass is 368 g/mol. The van der Waals surface area contributed by atoms with Gasteiger partial charge < -0.3 is 10.6 Å². The first-order chi connectivity index (χ1) is 13.1. The fourth-order valence-electron chi connectivity index (χ4n) is 2.62. The Hall–Kier alpha value is -3.29. The topological polar surface area (TPSA) is 84.7 Å². The van der Waals surface area contributed by atoms with Gasteiger partial charge >= 0.3 is 0 Å². The number of amides is 1. The van der Waals surface area contributed by atoms with Crippen molar-refractivity contribution in [2.45, 2.75) is 19.9 Å². The summed E-state index contributed by atoms with van der Waals surface area (Å²) in [6, 6.07) is 6.95. The highest BCUT2D eigenvalue weighted by atomic mass is 19.1. The van der Waals surface area contributed by atoms with Crippen molar-refractivity contribution in [3.05, 3.63) is 59.8 Å². The molecule has 3 aromatic rings. The van der Waals surface area contributed by atoms with Gasteiger partial charge in [-0.15, -0.1) is 0 Å². The van der Waals surface area contributed by atoms with E-state index in [1.54, 1.807) is 37.5 Å². The Morgan fingerprint density at radius 1 is 1.30 bits per heavy atom. The maximum absolute atomic E-state index is 13.5. The zero-order valence-electron chi connectivity index (χ0n) is 15.2. The molecule has 2 aromatic heterocycles. The Balaban J connectivity index is 1.61. The quantitative estimate of drug-likeness (QED) is 0.626. The smallest absolute Gasteiger partial charge is 0.251 e. The van der Waals surface area contributed by atoms with Crippen molar-refractivity contribution in [2.24, 2.45) is 0 Å². The van der Waals surface area contributed by atoms with Gasteiger partial charge in [-0.05, 0) is 31.0 Å². The molecular weight excluding hydrogens is 347 g/mol. The molecule has 0 aliphatic rings. The van der Waals surface area contributed by atoms with Crippen LogP contribution in [0.2, 0.25) is 0 Å². The molecule has 0 saturated carbocycles. The van der Waals surface area contributed by atoms with Crippen molar-refractivity contribution >= 4 is 11.7 Å². The minimum Gasteiger partial charge on any atom is -0.371 e. The minimum absolute atomic E-state index is 0.115. The average Bonchev–Trinajstić information content (AvgIpc) is 3.10. The number of hydrogen-bond donors (Lipinski definition) is 2. The van der Waals surface area contributed by atoms with Gasteiger partial charge in [-0.2, -0.15) is 5.10 Å². The van der Waals surface area contributed by atoms with Gasteiger partial charge in [0.2, 0.25) is 0 Å². The van der Waals surface area contributed by atoms with E-state index in [0.29, 0.717) is 23.5 Å². The molecular formula is C19H21FN6O. The van der Waals surface area contributed by atoms with E-state index >= 15 is 0 Å². The number of nitrogens with zero attached hydrogens (tertiary/aromatic N) is 4. The number of hydrogen-bond acceptors (Lipinski definition) is 5. The first kappa shape index (κ1) is 18.5. The number of rotatable bonds is 7. The summed E-state index contributed by atoms with van der Waals surface area (Å²) in [4.78, 5) is 20.5. The molecule has 27 heavy (non-hydrogen) atoms. The summed E-state index contributed by atoms with van der Waals surface area (Å²) in [5.74, 6) is -0.236. The van der Waals surface area contributed by atoms with Crippen LogP contribution in [-0.2, 0) is 6.54 Å². The summed E-state index contributed by atoms with van der Waals surface area (Å²) in [5.41, 5.74) is 2.26. The van der Waals surface area contributed by atoms with E-state index in [9.17, 15) is 9.18 Å². The molecule has 0 aliphatic heterocycles. The van der Waals surface area contributed by atoms with Crippen LogP contribution in [0, 0.1) is 12.7 Å². The Kier molecular flexibility index (Phi) is 5.75. The predicted octanol–water partition coefficient (Wildman–Crippen LogP) is 2.65. The molecule has 7 nitrogen and oxygen atoms in total.